The summed E-state index contributed by atoms with van der Waals surface area (Å²) in [5.41, 5.74) is 0. The Bertz CT molecular complexity index is 526. The molecule has 4 nitrogen and oxygen atoms in total. The van der Waals surface area contributed by atoms with Crippen molar-refractivity contribution in [3.63, 3.8) is 0 Å². The van der Waals surface area contributed by atoms with E-state index in [9.17, 15) is 12.8 Å². The van der Waals surface area contributed by atoms with Gasteiger partial charge in [-0.3, -0.25) is 0 Å². The minimum atomic E-state index is -3.58. The first kappa shape index (κ1) is 12.2. The number of methoxy groups -OCH3 is 2. The molecule has 0 saturated heterocycles. The minimum Gasteiger partial charge on any atom is -0.493 e. The molecule has 0 aromatic heterocycles. The summed E-state index contributed by atoms with van der Waals surface area (Å²) in [6.07, 6.45) is -1.16. The maximum Gasteiger partial charge on any atom is 0.184 e. The van der Waals surface area contributed by atoms with Crippen LogP contribution >= 0.6 is 0 Å². The number of hydrogen-bond acceptors (Lipinski definition) is 4. The Morgan fingerprint density at radius 1 is 1.24 bits per heavy atom. The molecular formula is C11H13FO4S. The lowest BCUT2D eigenvalue weighted by Gasteiger charge is -2.09. The van der Waals surface area contributed by atoms with Crippen molar-refractivity contribution >= 4 is 9.84 Å². The van der Waals surface area contributed by atoms with Crippen molar-refractivity contribution in [2.45, 2.75) is 22.7 Å². The van der Waals surface area contributed by atoms with E-state index in [4.69, 9.17) is 9.47 Å². The van der Waals surface area contributed by atoms with Gasteiger partial charge < -0.3 is 9.47 Å². The highest BCUT2D eigenvalue weighted by Gasteiger charge is 2.48. The van der Waals surface area contributed by atoms with Crippen molar-refractivity contribution in [1.82, 2.24) is 0 Å². The Morgan fingerprint density at radius 3 is 2.29 bits per heavy atom. The standard InChI is InChI=1S/C11H13FO4S/c1-15-9-4-3-7(5-10(9)16-2)17(13,14)11-6-8(11)12/h3-5,8,11H,6H2,1-2H3/t8-,11-/m1/s1. The van der Waals surface area contributed by atoms with Gasteiger partial charge in [0, 0.05) is 6.07 Å². The Balaban J connectivity index is 2.40. The zero-order valence-electron chi connectivity index (χ0n) is 9.51. The van der Waals surface area contributed by atoms with Crippen LogP contribution < -0.4 is 9.47 Å². The van der Waals surface area contributed by atoms with Crippen molar-refractivity contribution in [3.05, 3.63) is 18.2 Å². The van der Waals surface area contributed by atoms with E-state index in [1.54, 1.807) is 0 Å². The number of sulfone groups is 1. The highest BCUT2D eigenvalue weighted by atomic mass is 32.2. The van der Waals surface area contributed by atoms with Gasteiger partial charge in [-0.25, -0.2) is 12.8 Å². The minimum absolute atomic E-state index is 0.0697. The molecular weight excluding hydrogens is 247 g/mol. The first-order valence-corrected chi connectivity index (χ1v) is 6.65. The van der Waals surface area contributed by atoms with Crippen molar-refractivity contribution < 1.29 is 22.3 Å². The normalized spacial score (nSPS) is 23.2. The van der Waals surface area contributed by atoms with Crippen molar-refractivity contribution in [3.8, 4) is 11.5 Å². The molecule has 94 valence electrons. The van der Waals surface area contributed by atoms with Crippen LogP contribution in [0.25, 0.3) is 0 Å². The fourth-order valence-corrected chi connectivity index (χ4v) is 3.34. The second-order valence-electron chi connectivity index (χ2n) is 3.85. The van der Waals surface area contributed by atoms with Gasteiger partial charge in [0.05, 0.1) is 24.4 Å². The summed E-state index contributed by atoms with van der Waals surface area (Å²) in [7, 11) is -0.700. The topological polar surface area (TPSA) is 52.6 Å². The van der Waals surface area contributed by atoms with Crippen molar-refractivity contribution in [1.29, 1.82) is 0 Å². The Hall–Kier alpha value is -1.30. The molecule has 0 radical (unpaired) electrons. The van der Waals surface area contributed by atoms with Crippen LogP contribution in [-0.2, 0) is 9.84 Å². The summed E-state index contributed by atoms with van der Waals surface area (Å²) >= 11 is 0. The van der Waals surface area contributed by atoms with Crippen molar-refractivity contribution in [2.75, 3.05) is 14.2 Å². The van der Waals surface area contributed by atoms with Gasteiger partial charge in [-0.15, -0.1) is 0 Å². The summed E-state index contributed by atoms with van der Waals surface area (Å²) in [5.74, 6) is 0.767. The largest absolute Gasteiger partial charge is 0.493 e. The van der Waals surface area contributed by atoms with Crippen LogP contribution in [0.3, 0.4) is 0 Å². The molecule has 0 heterocycles. The first-order valence-electron chi connectivity index (χ1n) is 5.10. The number of rotatable bonds is 4. The third-order valence-electron chi connectivity index (χ3n) is 2.74. The van der Waals surface area contributed by atoms with Crippen LogP contribution in [0, 0.1) is 0 Å². The predicted molar refractivity (Wildman–Crippen MR) is 60.0 cm³/mol. The second kappa shape index (κ2) is 4.18. The zero-order valence-corrected chi connectivity index (χ0v) is 10.3. The van der Waals surface area contributed by atoms with Gasteiger partial charge in [0.25, 0.3) is 0 Å². The van der Waals surface area contributed by atoms with E-state index in [0.717, 1.165) is 0 Å². The van der Waals surface area contributed by atoms with Gasteiger partial charge in [0.1, 0.15) is 6.17 Å². The first-order chi connectivity index (χ1) is 8.00. The molecule has 1 saturated carbocycles. The molecule has 0 aliphatic heterocycles. The highest BCUT2D eigenvalue weighted by Crippen LogP contribution is 2.39. The van der Waals surface area contributed by atoms with Crippen molar-refractivity contribution in [2.24, 2.45) is 0 Å². The molecule has 0 unspecified atom stereocenters. The van der Waals surface area contributed by atoms with E-state index in [0.29, 0.717) is 11.5 Å². The molecule has 0 amide bonds. The Labute approximate surface area is 99.3 Å². The van der Waals surface area contributed by atoms with Gasteiger partial charge >= 0.3 is 0 Å². The molecule has 0 spiro atoms. The second-order valence-corrected chi connectivity index (χ2v) is 6.02. The van der Waals surface area contributed by atoms with Gasteiger partial charge in [0.15, 0.2) is 21.3 Å². The summed E-state index contributed by atoms with van der Waals surface area (Å²) in [6.45, 7) is 0. The average Bonchev–Trinajstić information content (AvgIpc) is 3.06. The SMILES string of the molecule is COc1ccc(S(=O)(=O)[C@@H]2C[C@H]2F)cc1OC. The molecule has 6 heteroatoms. The summed E-state index contributed by atoms with van der Waals surface area (Å²) in [5, 5.41) is -0.902. The van der Waals surface area contributed by atoms with Gasteiger partial charge in [0.2, 0.25) is 0 Å². The molecule has 17 heavy (non-hydrogen) atoms. The van der Waals surface area contributed by atoms with Crippen LogP contribution in [0.1, 0.15) is 6.42 Å². The third-order valence-corrected chi connectivity index (χ3v) is 4.94. The van der Waals surface area contributed by atoms with Crippen LogP contribution in [0.5, 0.6) is 11.5 Å². The summed E-state index contributed by atoms with van der Waals surface area (Å²) in [6, 6.07) is 4.27. The summed E-state index contributed by atoms with van der Waals surface area (Å²) < 4.78 is 46.7. The van der Waals surface area contributed by atoms with E-state index in [1.807, 2.05) is 0 Å². The number of ether oxygens (including phenoxy) is 2. The van der Waals surface area contributed by atoms with E-state index < -0.39 is 21.3 Å². The molecule has 1 fully saturated rings. The molecule has 1 aromatic rings. The zero-order chi connectivity index (χ0) is 12.6. The van der Waals surface area contributed by atoms with Crippen LogP contribution in [-0.4, -0.2) is 34.1 Å². The third kappa shape index (κ3) is 2.09. The maximum atomic E-state index is 12.8. The quantitative estimate of drug-likeness (QED) is 0.825. The molecule has 0 N–H and O–H groups in total. The van der Waals surface area contributed by atoms with Gasteiger partial charge in [-0.2, -0.15) is 0 Å². The predicted octanol–water partition coefficient (Wildman–Crippen LogP) is 1.59. The number of hydrogen-bond donors (Lipinski definition) is 0. The fourth-order valence-electron chi connectivity index (χ4n) is 1.63. The lowest BCUT2D eigenvalue weighted by Crippen LogP contribution is -2.10. The molecule has 1 aliphatic rings. The van der Waals surface area contributed by atoms with E-state index >= 15 is 0 Å². The molecule has 2 atom stereocenters. The molecule has 0 bridgehead atoms. The van der Waals surface area contributed by atoms with Crippen LogP contribution in [0.15, 0.2) is 23.1 Å². The lowest BCUT2D eigenvalue weighted by molar-refractivity contribution is 0.354. The highest BCUT2D eigenvalue weighted by molar-refractivity contribution is 7.92. The fraction of sp³-hybridized carbons (Fsp3) is 0.455. The smallest absolute Gasteiger partial charge is 0.184 e. The molecule has 1 aliphatic carbocycles. The van der Waals surface area contributed by atoms with Gasteiger partial charge in [-0.05, 0) is 18.6 Å². The molecule has 2 rings (SSSR count). The monoisotopic (exact) mass is 260 g/mol. The van der Waals surface area contributed by atoms with E-state index in [2.05, 4.69) is 0 Å². The summed E-state index contributed by atoms with van der Waals surface area (Å²) in [4.78, 5) is 0.0697. The lowest BCUT2D eigenvalue weighted by atomic mass is 10.3. The van der Waals surface area contributed by atoms with E-state index in [1.165, 1.54) is 32.4 Å². The van der Waals surface area contributed by atoms with Crippen LogP contribution in [0.4, 0.5) is 4.39 Å². The average molecular weight is 260 g/mol. The maximum absolute atomic E-state index is 12.8. The van der Waals surface area contributed by atoms with Gasteiger partial charge in [-0.1, -0.05) is 0 Å². The molecule has 1 aromatic carbocycles. The Morgan fingerprint density at radius 2 is 1.82 bits per heavy atom. The number of benzene rings is 1. The van der Waals surface area contributed by atoms with E-state index in [-0.39, 0.29) is 11.3 Å². The van der Waals surface area contributed by atoms with Crippen LogP contribution in [0.2, 0.25) is 0 Å². The Kier molecular flexibility index (Phi) is 2.99. The number of alkyl halides is 1. The number of halogens is 1.